The van der Waals surface area contributed by atoms with Gasteiger partial charge in [0.2, 0.25) is 0 Å². The maximum Gasteiger partial charge on any atom is 0.0223 e. The molecule has 110 valence electrons. The van der Waals surface area contributed by atoms with Crippen LogP contribution in [0, 0.1) is 5.41 Å². The highest BCUT2D eigenvalue weighted by Crippen LogP contribution is 2.39. The van der Waals surface area contributed by atoms with Crippen LogP contribution >= 0.6 is 12.6 Å². The minimum absolute atomic E-state index is 0.531. The molecule has 2 aliphatic heterocycles. The summed E-state index contributed by atoms with van der Waals surface area (Å²) in [6.45, 7) is 3.94. The molecule has 0 N–H and O–H groups in total. The molecule has 1 aliphatic carbocycles. The summed E-state index contributed by atoms with van der Waals surface area (Å²) in [6.07, 6.45) is 11.4. The fraction of sp³-hybridized carbons (Fsp3) is 1.00. The molecule has 2 unspecified atom stereocenters. The van der Waals surface area contributed by atoms with Gasteiger partial charge in [-0.2, -0.15) is 12.6 Å². The van der Waals surface area contributed by atoms with Crippen LogP contribution in [0.4, 0.5) is 0 Å². The van der Waals surface area contributed by atoms with Gasteiger partial charge >= 0.3 is 0 Å². The number of likely N-dealkylation sites (tertiary alicyclic amines) is 1. The van der Waals surface area contributed by atoms with Gasteiger partial charge in [-0.25, -0.2) is 0 Å². The molecule has 2 atom stereocenters. The SMILES string of the molecule is CN1C2CCC1CN(CC1(CS)CCCCC1)CC2. The Morgan fingerprint density at radius 2 is 1.79 bits per heavy atom. The molecule has 0 spiro atoms. The molecule has 0 aromatic heterocycles. The lowest BCUT2D eigenvalue weighted by atomic mass is 9.75. The van der Waals surface area contributed by atoms with Gasteiger partial charge in [0.15, 0.2) is 0 Å². The molecule has 0 radical (unpaired) electrons. The standard InChI is InChI=1S/C16H30N2S/c1-17-14-5-6-15(17)11-18(10-7-14)12-16(13-19)8-3-2-4-9-16/h14-15,19H,2-13H2,1H3. The number of nitrogens with zero attached hydrogens (tertiary/aromatic N) is 2. The van der Waals surface area contributed by atoms with Gasteiger partial charge in [-0.15, -0.1) is 0 Å². The topological polar surface area (TPSA) is 6.48 Å². The van der Waals surface area contributed by atoms with Crippen molar-refractivity contribution in [3.8, 4) is 0 Å². The molecule has 0 aromatic rings. The van der Waals surface area contributed by atoms with Crippen LogP contribution in [0.25, 0.3) is 0 Å². The normalized spacial score (nSPS) is 36.3. The second kappa shape index (κ2) is 5.95. The number of hydrogen-bond donors (Lipinski definition) is 1. The first-order chi connectivity index (χ1) is 9.22. The third-order valence-electron chi connectivity index (χ3n) is 6.04. The molecule has 2 saturated heterocycles. The quantitative estimate of drug-likeness (QED) is 0.795. The van der Waals surface area contributed by atoms with E-state index >= 15 is 0 Å². The van der Waals surface area contributed by atoms with E-state index in [-0.39, 0.29) is 0 Å². The molecule has 2 heterocycles. The van der Waals surface area contributed by atoms with Crippen molar-refractivity contribution in [3.05, 3.63) is 0 Å². The summed E-state index contributed by atoms with van der Waals surface area (Å²) in [4.78, 5) is 5.44. The number of hydrogen-bond acceptors (Lipinski definition) is 3. The fourth-order valence-corrected chi connectivity index (χ4v) is 5.08. The van der Waals surface area contributed by atoms with E-state index in [4.69, 9.17) is 12.6 Å². The Kier molecular flexibility index (Phi) is 4.45. The Balaban J connectivity index is 1.62. The van der Waals surface area contributed by atoms with E-state index in [1.807, 2.05) is 0 Å². The van der Waals surface area contributed by atoms with E-state index in [1.165, 1.54) is 71.0 Å². The van der Waals surface area contributed by atoms with Crippen molar-refractivity contribution >= 4 is 12.6 Å². The zero-order valence-corrected chi connectivity index (χ0v) is 13.4. The van der Waals surface area contributed by atoms with Crippen LogP contribution in [0.1, 0.15) is 51.4 Å². The van der Waals surface area contributed by atoms with Gasteiger partial charge in [0.05, 0.1) is 0 Å². The summed E-state index contributed by atoms with van der Waals surface area (Å²) in [5, 5.41) is 0. The molecular formula is C16H30N2S. The Labute approximate surface area is 124 Å². The first-order valence-electron chi connectivity index (χ1n) is 8.28. The van der Waals surface area contributed by atoms with Gasteiger partial charge < -0.3 is 4.90 Å². The van der Waals surface area contributed by atoms with Crippen molar-refractivity contribution < 1.29 is 0 Å². The van der Waals surface area contributed by atoms with Gasteiger partial charge in [-0.05, 0) is 56.9 Å². The van der Waals surface area contributed by atoms with E-state index in [1.54, 1.807) is 0 Å². The Hall–Kier alpha value is 0.270. The first-order valence-corrected chi connectivity index (χ1v) is 8.91. The van der Waals surface area contributed by atoms with Crippen LogP contribution < -0.4 is 0 Å². The van der Waals surface area contributed by atoms with Gasteiger partial charge in [0.1, 0.15) is 0 Å². The van der Waals surface area contributed by atoms with Crippen LogP contribution in [0.15, 0.2) is 0 Å². The highest BCUT2D eigenvalue weighted by Gasteiger charge is 2.38. The van der Waals surface area contributed by atoms with Crippen molar-refractivity contribution in [3.63, 3.8) is 0 Å². The van der Waals surface area contributed by atoms with Crippen LogP contribution in [0.3, 0.4) is 0 Å². The van der Waals surface area contributed by atoms with E-state index in [0.717, 1.165) is 17.8 Å². The lowest BCUT2D eigenvalue weighted by Crippen LogP contribution is -2.44. The monoisotopic (exact) mass is 282 g/mol. The summed E-state index contributed by atoms with van der Waals surface area (Å²) in [5.41, 5.74) is 0.531. The van der Waals surface area contributed by atoms with Crippen LogP contribution in [0.5, 0.6) is 0 Å². The van der Waals surface area contributed by atoms with Crippen LogP contribution in [0.2, 0.25) is 0 Å². The van der Waals surface area contributed by atoms with Crippen molar-refractivity contribution in [1.82, 2.24) is 9.80 Å². The second-order valence-electron chi connectivity index (χ2n) is 7.29. The van der Waals surface area contributed by atoms with Gasteiger partial charge in [-0.1, -0.05) is 19.3 Å². The van der Waals surface area contributed by atoms with Gasteiger partial charge in [0, 0.05) is 25.2 Å². The number of thiol groups is 1. The lowest BCUT2D eigenvalue weighted by Gasteiger charge is -2.41. The average Bonchev–Trinajstić information content (AvgIpc) is 2.68. The third kappa shape index (κ3) is 2.98. The Bertz CT molecular complexity index is 301. The number of rotatable bonds is 3. The summed E-state index contributed by atoms with van der Waals surface area (Å²) >= 11 is 4.71. The van der Waals surface area contributed by atoms with E-state index in [0.29, 0.717) is 5.41 Å². The summed E-state index contributed by atoms with van der Waals surface area (Å²) < 4.78 is 0. The first kappa shape index (κ1) is 14.2. The molecule has 19 heavy (non-hydrogen) atoms. The van der Waals surface area contributed by atoms with Gasteiger partial charge in [-0.3, -0.25) is 4.90 Å². The maximum atomic E-state index is 4.71. The molecule has 3 heteroatoms. The van der Waals surface area contributed by atoms with E-state index < -0.39 is 0 Å². The molecule has 3 aliphatic rings. The maximum absolute atomic E-state index is 4.71. The zero-order chi connectivity index (χ0) is 13.3. The largest absolute Gasteiger partial charge is 0.301 e. The minimum atomic E-state index is 0.531. The summed E-state index contributed by atoms with van der Waals surface area (Å²) in [5.74, 6) is 1.09. The van der Waals surface area contributed by atoms with Crippen LogP contribution in [-0.4, -0.2) is 54.3 Å². The van der Waals surface area contributed by atoms with Crippen molar-refractivity contribution in [1.29, 1.82) is 0 Å². The molecule has 0 amide bonds. The predicted molar refractivity (Wildman–Crippen MR) is 85.0 cm³/mol. The van der Waals surface area contributed by atoms with Gasteiger partial charge in [0.25, 0.3) is 0 Å². The number of likely N-dealkylation sites (N-methyl/N-ethyl adjacent to an activating group) is 1. The minimum Gasteiger partial charge on any atom is -0.301 e. The molecule has 2 bridgehead atoms. The Morgan fingerprint density at radius 1 is 1.05 bits per heavy atom. The van der Waals surface area contributed by atoms with Crippen LogP contribution in [-0.2, 0) is 0 Å². The molecule has 1 saturated carbocycles. The van der Waals surface area contributed by atoms with Crippen molar-refractivity contribution in [2.24, 2.45) is 5.41 Å². The molecule has 2 nitrogen and oxygen atoms in total. The van der Waals surface area contributed by atoms with Crippen molar-refractivity contribution in [2.75, 3.05) is 32.4 Å². The molecule has 0 aromatic carbocycles. The molecule has 3 rings (SSSR count). The van der Waals surface area contributed by atoms with E-state index in [2.05, 4.69) is 16.8 Å². The second-order valence-corrected chi connectivity index (χ2v) is 7.61. The average molecular weight is 282 g/mol. The molecule has 3 fully saturated rings. The highest BCUT2D eigenvalue weighted by molar-refractivity contribution is 7.80. The fourth-order valence-electron chi connectivity index (χ4n) is 4.67. The van der Waals surface area contributed by atoms with E-state index in [9.17, 15) is 0 Å². The zero-order valence-electron chi connectivity index (χ0n) is 12.5. The molecular weight excluding hydrogens is 252 g/mol. The number of fused-ring (bicyclic) bond motifs is 2. The lowest BCUT2D eigenvalue weighted by molar-refractivity contribution is 0.117. The summed E-state index contributed by atoms with van der Waals surface area (Å²) in [7, 11) is 2.35. The smallest absolute Gasteiger partial charge is 0.0223 e. The third-order valence-corrected chi connectivity index (χ3v) is 6.71. The summed E-state index contributed by atoms with van der Waals surface area (Å²) in [6, 6.07) is 1.70. The highest BCUT2D eigenvalue weighted by atomic mass is 32.1. The predicted octanol–water partition coefficient (Wildman–Crippen LogP) is 3.04. The van der Waals surface area contributed by atoms with Crippen molar-refractivity contribution in [2.45, 2.75) is 63.5 Å². The Morgan fingerprint density at radius 3 is 2.53 bits per heavy atom.